The van der Waals surface area contributed by atoms with Crippen molar-refractivity contribution in [2.75, 3.05) is 0 Å². The van der Waals surface area contributed by atoms with Gasteiger partial charge in [-0.3, -0.25) is 24.0 Å². The number of carboxylic acids is 1. The highest BCUT2D eigenvalue weighted by molar-refractivity contribution is 5.95. The van der Waals surface area contributed by atoms with E-state index < -0.39 is 59.8 Å². The summed E-state index contributed by atoms with van der Waals surface area (Å²) < 4.78 is 0. The van der Waals surface area contributed by atoms with E-state index in [9.17, 15) is 24.0 Å². The van der Waals surface area contributed by atoms with E-state index in [2.05, 4.69) is 21.3 Å². The van der Waals surface area contributed by atoms with Crippen LogP contribution in [0.5, 0.6) is 0 Å². The number of rotatable bonds is 14. The molecule has 0 aromatic heterocycles. The van der Waals surface area contributed by atoms with Crippen LogP contribution in [-0.2, 0) is 24.0 Å². The Labute approximate surface area is 202 Å². The van der Waals surface area contributed by atoms with E-state index in [1.807, 2.05) is 20.8 Å². The van der Waals surface area contributed by atoms with Crippen LogP contribution in [0.1, 0.15) is 68.2 Å². The van der Waals surface area contributed by atoms with Crippen LogP contribution < -0.4 is 27.0 Å². The zero-order valence-electron chi connectivity index (χ0n) is 21.6. The molecule has 0 aliphatic rings. The van der Waals surface area contributed by atoms with Crippen LogP contribution in [0.2, 0.25) is 0 Å². The van der Waals surface area contributed by atoms with Crippen molar-refractivity contribution >= 4 is 29.6 Å². The van der Waals surface area contributed by atoms with Crippen LogP contribution in [0.25, 0.3) is 0 Å². The number of hydrogen-bond acceptors (Lipinski definition) is 6. The average Bonchev–Trinajstić information content (AvgIpc) is 2.73. The lowest BCUT2D eigenvalue weighted by atomic mass is 9.95. The van der Waals surface area contributed by atoms with Crippen molar-refractivity contribution in [3.8, 4) is 0 Å². The first kappa shape index (κ1) is 31.3. The molecule has 0 rings (SSSR count). The van der Waals surface area contributed by atoms with Gasteiger partial charge in [-0.25, -0.2) is 0 Å². The third kappa shape index (κ3) is 10.5. The van der Waals surface area contributed by atoms with Crippen molar-refractivity contribution in [2.45, 2.75) is 98.4 Å². The Bertz CT molecular complexity index is 725. The summed E-state index contributed by atoms with van der Waals surface area (Å²) in [4.78, 5) is 62.0. The Hall–Kier alpha value is -2.69. The standard InChI is InChI=1S/C23H43N5O6/c1-9-13(6)18(22(32)25-15(8)23(33)34)28-21(31)17(12(4)5)27-20(30)16(10-11(2)3)26-19(29)14(7)24/h11-18H,9-10,24H2,1-8H3,(H,25,32)(H,26,29)(H,27,30)(H,28,31)(H,33,34)/t13?,14-,15-,16-,17-,18-/m0/s1. The fourth-order valence-corrected chi connectivity index (χ4v) is 3.10. The monoisotopic (exact) mass is 485 g/mol. The van der Waals surface area contributed by atoms with Gasteiger partial charge in [-0.15, -0.1) is 0 Å². The van der Waals surface area contributed by atoms with Crippen LogP contribution in [0.15, 0.2) is 0 Å². The van der Waals surface area contributed by atoms with Crippen molar-refractivity contribution in [2.24, 2.45) is 23.5 Å². The van der Waals surface area contributed by atoms with Gasteiger partial charge in [0, 0.05) is 0 Å². The maximum atomic E-state index is 13.1. The lowest BCUT2D eigenvalue weighted by Crippen LogP contribution is -2.60. The molecule has 0 spiro atoms. The van der Waals surface area contributed by atoms with Gasteiger partial charge in [0.05, 0.1) is 6.04 Å². The Balaban J connectivity index is 5.63. The van der Waals surface area contributed by atoms with Crippen LogP contribution >= 0.6 is 0 Å². The molecule has 1 unspecified atom stereocenters. The molecule has 0 fully saturated rings. The summed E-state index contributed by atoms with van der Waals surface area (Å²) in [6, 6.07) is -4.76. The molecule has 0 bridgehead atoms. The fraction of sp³-hybridized carbons (Fsp3) is 0.783. The molecule has 0 saturated heterocycles. The molecular weight excluding hydrogens is 442 g/mol. The molecule has 0 radical (unpaired) electrons. The third-order valence-corrected chi connectivity index (χ3v) is 5.52. The molecule has 0 aromatic carbocycles. The topological polar surface area (TPSA) is 180 Å². The summed E-state index contributed by atoms with van der Waals surface area (Å²) in [5, 5.41) is 19.4. The molecule has 4 amide bonds. The predicted octanol–water partition coefficient (Wildman–Crippen LogP) is 0.126. The first-order valence-electron chi connectivity index (χ1n) is 11.8. The molecule has 11 heteroatoms. The average molecular weight is 486 g/mol. The summed E-state index contributed by atoms with van der Waals surface area (Å²) in [7, 11) is 0. The molecule has 196 valence electrons. The molecule has 0 aliphatic carbocycles. The highest BCUT2D eigenvalue weighted by Crippen LogP contribution is 2.12. The Kier molecular flexibility index (Phi) is 13.4. The Morgan fingerprint density at radius 2 is 1.24 bits per heavy atom. The zero-order valence-corrected chi connectivity index (χ0v) is 21.6. The molecule has 6 atom stereocenters. The normalized spacial score (nSPS) is 16.6. The highest BCUT2D eigenvalue weighted by atomic mass is 16.4. The second-order valence-corrected chi connectivity index (χ2v) is 9.65. The van der Waals surface area contributed by atoms with Crippen LogP contribution in [0.3, 0.4) is 0 Å². The van der Waals surface area contributed by atoms with Gasteiger partial charge in [-0.1, -0.05) is 48.0 Å². The quantitative estimate of drug-likeness (QED) is 0.202. The van der Waals surface area contributed by atoms with E-state index in [1.165, 1.54) is 13.8 Å². The first-order valence-corrected chi connectivity index (χ1v) is 11.8. The number of carboxylic acid groups (broad SMARTS) is 1. The number of nitrogens with one attached hydrogen (secondary N) is 4. The molecule has 7 N–H and O–H groups in total. The summed E-state index contributed by atoms with van der Waals surface area (Å²) >= 11 is 0. The minimum atomic E-state index is -1.19. The number of carbonyl (C=O) groups is 5. The van der Waals surface area contributed by atoms with Gasteiger partial charge in [0.25, 0.3) is 0 Å². The number of hydrogen-bond donors (Lipinski definition) is 6. The summed E-state index contributed by atoms with van der Waals surface area (Å²) in [6.45, 7) is 13.7. The Morgan fingerprint density at radius 1 is 0.735 bits per heavy atom. The number of carbonyl (C=O) groups excluding carboxylic acids is 4. The number of aliphatic carboxylic acids is 1. The summed E-state index contributed by atoms with van der Waals surface area (Å²) in [5.74, 6) is -3.92. The molecule has 34 heavy (non-hydrogen) atoms. The predicted molar refractivity (Wildman–Crippen MR) is 128 cm³/mol. The van der Waals surface area contributed by atoms with E-state index in [-0.39, 0.29) is 17.8 Å². The third-order valence-electron chi connectivity index (χ3n) is 5.52. The molecule has 11 nitrogen and oxygen atoms in total. The highest BCUT2D eigenvalue weighted by Gasteiger charge is 2.34. The van der Waals surface area contributed by atoms with Crippen LogP contribution in [0.4, 0.5) is 0 Å². The summed E-state index contributed by atoms with van der Waals surface area (Å²) in [6.07, 6.45) is 0.903. The van der Waals surface area contributed by atoms with Crippen molar-refractivity contribution in [3.63, 3.8) is 0 Å². The molecular formula is C23H43N5O6. The first-order chi connectivity index (χ1) is 15.6. The maximum absolute atomic E-state index is 13.1. The molecule has 0 aliphatic heterocycles. The summed E-state index contributed by atoms with van der Waals surface area (Å²) in [5.41, 5.74) is 5.61. The zero-order chi connectivity index (χ0) is 26.7. The second-order valence-electron chi connectivity index (χ2n) is 9.65. The van der Waals surface area contributed by atoms with Gasteiger partial charge >= 0.3 is 5.97 Å². The minimum Gasteiger partial charge on any atom is -0.480 e. The second kappa shape index (κ2) is 14.5. The van der Waals surface area contributed by atoms with Gasteiger partial charge < -0.3 is 32.1 Å². The lowest BCUT2D eigenvalue weighted by molar-refractivity contribution is -0.142. The molecule has 0 aromatic rings. The van der Waals surface area contributed by atoms with E-state index in [4.69, 9.17) is 10.8 Å². The van der Waals surface area contributed by atoms with Crippen molar-refractivity contribution < 1.29 is 29.1 Å². The van der Waals surface area contributed by atoms with Crippen molar-refractivity contribution in [1.29, 1.82) is 0 Å². The maximum Gasteiger partial charge on any atom is 0.325 e. The smallest absolute Gasteiger partial charge is 0.325 e. The van der Waals surface area contributed by atoms with Gasteiger partial charge in [-0.05, 0) is 38.0 Å². The lowest BCUT2D eigenvalue weighted by Gasteiger charge is -2.30. The van der Waals surface area contributed by atoms with Gasteiger partial charge in [-0.2, -0.15) is 0 Å². The Morgan fingerprint density at radius 3 is 1.65 bits per heavy atom. The van der Waals surface area contributed by atoms with E-state index >= 15 is 0 Å². The number of amides is 4. The van der Waals surface area contributed by atoms with E-state index in [0.717, 1.165) is 0 Å². The largest absolute Gasteiger partial charge is 0.480 e. The van der Waals surface area contributed by atoms with Gasteiger partial charge in [0.15, 0.2) is 0 Å². The van der Waals surface area contributed by atoms with Crippen molar-refractivity contribution in [3.05, 3.63) is 0 Å². The van der Waals surface area contributed by atoms with Gasteiger partial charge in [0.2, 0.25) is 23.6 Å². The molecule has 0 heterocycles. The van der Waals surface area contributed by atoms with Crippen LogP contribution in [-0.4, -0.2) is 64.9 Å². The fourth-order valence-electron chi connectivity index (χ4n) is 3.10. The SMILES string of the molecule is CCC(C)[C@H](NC(=O)[C@@H](NC(=O)[C@H](CC(C)C)NC(=O)[C@H](C)N)C(C)C)C(=O)N[C@@H](C)C(=O)O. The van der Waals surface area contributed by atoms with Gasteiger partial charge in [0.1, 0.15) is 24.2 Å². The molecule has 0 saturated carbocycles. The van der Waals surface area contributed by atoms with Crippen molar-refractivity contribution in [1.82, 2.24) is 21.3 Å². The number of nitrogens with two attached hydrogens (primary N) is 1. The van der Waals surface area contributed by atoms with Crippen LogP contribution in [0, 0.1) is 17.8 Å². The van der Waals surface area contributed by atoms with E-state index in [0.29, 0.717) is 12.8 Å². The minimum absolute atomic E-state index is 0.0881. The van der Waals surface area contributed by atoms with E-state index in [1.54, 1.807) is 20.8 Å².